The summed E-state index contributed by atoms with van der Waals surface area (Å²) in [6.07, 6.45) is 0. The molecule has 0 aliphatic rings. The number of nitrogens with zero attached hydrogens (tertiary/aromatic N) is 4. The normalized spacial score (nSPS) is 11.0. The Morgan fingerprint density at radius 2 is 1.81 bits per heavy atom. The highest BCUT2D eigenvalue weighted by Gasteiger charge is 2.15. The van der Waals surface area contributed by atoms with Gasteiger partial charge in [0.2, 0.25) is 5.91 Å². The minimum absolute atomic E-state index is 0.0315. The van der Waals surface area contributed by atoms with Crippen LogP contribution in [0.3, 0.4) is 0 Å². The maximum absolute atomic E-state index is 12.5. The second-order valence-corrected chi connectivity index (χ2v) is 6.82. The second-order valence-electron chi connectivity index (χ2n) is 6.82. The van der Waals surface area contributed by atoms with E-state index in [4.69, 9.17) is 0 Å². The molecule has 1 N–H and O–H groups in total. The molecule has 1 aromatic heterocycles. The summed E-state index contributed by atoms with van der Waals surface area (Å²) in [5, 5.41) is 11.1. The summed E-state index contributed by atoms with van der Waals surface area (Å²) in [5.41, 5.74) is 3.38. The number of rotatable bonds is 6. The SMILES string of the molecule is CC(C)NC(=O)CN(C)C(=O)c1ccc(Cn2nnc3ccccc32)cc1. The molecular weight excluding hydrogens is 342 g/mol. The molecular formula is C20H23N5O2. The summed E-state index contributed by atoms with van der Waals surface area (Å²) in [6, 6.07) is 15.2. The van der Waals surface area contributed by atoms with E-state index in [1.54, 1.807) is 19.2 Å². The summed E-state index contributed by atoms with van der Waals surface area (Å²) in [7, 11) is 1.62. The highest BCUT2D eigenvalue weighted by Crippen LogP contribution is 2.13. The van der Waals surface area contributed by atoms with Crippen LogP contribution in [0.4, 0.5) is 0 Å². The third-order valence-electron chi connectivity index (χ3n) is 4.13. The monoisotopic (exact) mass is 365 g/mol. The van der Waals surface area contributed by atoms with E-state index in [0.29, 0.717) is 12.1 Å². The van der Waals surface area contributed by atoms with E-state index in [9.17, 15) is 9.59 Å². The Morgan fingerprint density at radius 1 is 1.11 bits per heavy atom. The number of para-hydroxylation sites is 1. The van der Waals surface area contributed by atoms with Crippen molar-refractivity contribution < 1.29 is 9.59 Å². The zero-order valence-electron chi connectivity index (χ0n) is 15.7. The molecule has 0 saturated heterocycles. The minimum Gasteiger partial charge on any atom is -0.352 e. The van der Waals surface area contributed by atoms with Crippen LogP contribution in [0.1, 0.15) is 29.8 Å². The van der Waals surface area contributed by atoms with Crippen molar-refractivity contribution in [1.29, 1.82) is 0 Å². The number of nitrogens with one attached hydrogen (secondary N) is 1. The molecule has 0 unspecified atom stereocenters. The van der Waals surface area contributed by atoms with Crippen molar-refractivity contribution in [3.05, 3.63) is 59.7 Å². The van der Waals surface area contributed by atoms with Crippen LogP contribution in [0, 0.1) is 0 Å². The molecule has 140 valence electrons. The number of carbonyl (C=O) groups is 2. The van der Waals surface area contributed by atoms with Gasteiger partial charge in [0.25, 0.3) is 5.91 Å². The molecule has 0 aliphatic carbocycles. The van der Waals surface area contributed by atoms with Crippen molar-refractivity contribution in [1.82, 2.24) is 25.2 Å². The number of likely N-dealkylation sites (N-methyl/N-ethyl adjacent to an activating group) is 1. The van der Waals surface area contributed by atoms with Crippen molar-refractivity contribution >= 4 is 22.8 Å². The van der Waals surface area contributed by atoms with Gasteiger partial charge in [0, 0.05) is 18.7 Å². The van der Waals surface area contributed by atoms with E-state index in [0.717, 1.165) is 16.6 Å². The van der Waals surface area contributed by atoms with Gasteiger partial charge in [-0.2, -0.15) is 0 Å². The number of amides is 2. The van der Waals surface area contributed by atoms with Crippen LogP contribution in [-0.2, 0) is 11.3 Å². The van der Waals surface area contributed by atoms with Gasteiger partial charge in [0.05, 0.1) is 18.6 Å². The zero-order valence-corrected chi connectivity index (χ0v) is 15.7. The van der Waals surface area contributed by atoms with Crippen LogP contribution < -0.4 is 5.32 Å². The smallest absolute Gasteiger partial charge is 0.254 e. The molecule has 0 saturated carbocycles. The average molecular weight is 365 g/mol. The molecule has 1 heterocycles. The number of hydrogen-bond acceptors (Lipinski definition) is 4. The number of benzene rings is 2. The van der Waals surface area contributed by atoms with Gasteiger partial charge in [-0.3, -0.25) is 9.59 Å². The lowest BCUT2D eigenvalue weighted by atomic mass is 10.1. The first-order valence-electron chi connectivity index (χ1n) is 8.86. The Morgan fingerprint density at radius 3 is 2.52 bits per heavy atom. The fourth-order valence-electron chi connectivity index (χ4n) is 2.84. The second kappa shape index (κ2) is 7.99. The topological polar surface area (TPSA) is 80.1 Å². The van der Waals surface area contributed by atoms with Crippen LogP contribution in [0.2, 0.25) is 0 Å². The van der Waals surface area contributed by atoms with E-state index >= 15 is 0 Å². The Kier molecular flexibility index (Phi) is 5.49. The maximum atomic E-state index is 12.5. The fraction of sp³-hybridized carbons (Fsp3) is 0.300. The van der Waals surface area contributed by atoms with Gasteiger partial charge in [0.15, 0.2) is 0 Å². The summed E-state index contributed by atoms with van der Waals surface area (Å²) >= 11 is 0. The minimum atomic E-state index is -0.188. The van der Waals surface area contributed by atoms with Crippen LogP contribution in [-0.4, -0.2) is 51.3 Å². The summed E-state index contributed by atoms with van der Waals surface area (Å²) in [6.45, 7) is 4.37. The molecule has 0 atom stereocenters. The first-order chi connectivity index (χ1) is 12.9. The molecule has 27 heavy (non-hydrogen) atoms. The lowest BCUT2D eigenvalue weighted by Crippen LogP contribution is -2.40. The Labute approximate surface area is 158 Å². The maximum Gasteiger partial charge on any atom is 0.254 e. The predicted molar refractivity (Wildman–Crippen MR) is 103 cm³/mol. The molecule has 0 fully saturated rings. The van der Waals surface area contributed by atoms with Crippen molar-refractivity contribution in [2.45, 2.75) is 26.4 Å². The standard InChI is InChI=1S/C20H23N5O2/c1-14(2)21-19(26)13-24(3)20(27)16-10-8-15(9-11-16)12-25-18-7-5-4-6-17(18)22-23-25/h4-11,14H,12-13H2,1-3H3,(H,21,26). The summed E-state index contributed by atoms with van der Waals surface area (Å²) < 4.78 is 1.83. The van der Waals surface area contributed by atoms with E-state index in [2.05, 4.69) is 15.6 Å². The third kappa shape index (κ3) is 4.49. The van der Waals surface area contributed by atoms with Gasteiger partial charge in [-0.05, 0) is 43.7 Å². The molecule has 3 rings (SSSR count). The number of aromatic nitrogens is 3. The highest BCUT2D eigenvalue weighted by molar-refractivity contribution is 5.96. The first kappa shape index (κ1) is 18.6. The summed E-state index contributed by atoms with van der Waals surface area (Å²) in [5.74, 6) is -0.359. The number of hydrogen-bond donors (Lipinski definition) is 1. The summed E-state index contributed by atoms with van der Waals surface area (Å²) in [4.78, 5) is 25.7. The zero-order chi connectivity index (χ0) is 19.4. The van der Waals surface area contributed by atoms with E-state index < -0.39 is 0 Å². The molecule has 0 bridgehead atoms. The Bertz CT molecular complexity index is 946. The van der Waals surface area contributed by atoms with Gasteiger partial charge >= 0.3 is 0 Å². The van der Waals surface area contributed by atoms with Crippen LogP contribution in [0.15, 0.2) is 48.5 Å². The molecule has 0 aliphatic heterocycles. The van der Waals surface area contributed by atoms with Crippen molar-refractivity contribution in [3.63, 3.8) is 0 Å². The fourth-order valence-corrected chi connectivity index (χ4v) is 2.84. The molecule has 7 heteroatoms. The number of fused-ring (bicyclic) bond motifs is 1. The molecule has 3 aromatic rings. The van der Waals surface area contributed by atoms with Crippen LogP contribution in [0.25, 0.3) is 11.0 Å². The van der Waals surface area contributed by atoms with Gasteiger partial charge < -0.3 is 10.2 Å². The average Bonchev–Trinajstić information content (AvgIpc) is 3.04. The van der Waals surface area contributed by atoms with Crippen LogP contribution >= 0.6 is 0 Å². The van der Waals surface area contributed by atoms with Crippen molar-refractivity contribution in [3.8, 4) is 0 Å². The van der Waals surface area contributed by atoms with E-state index in [1.807, 2.05) is 54.9 Å². The molecule has 2 aromatic carbocycles. The van der Waals surface area contributed by atoms with Crippen LogP contribution in [0.5, 0.6) is 0 Å². The van der Waals surface area contributed by atoms with Gasteiger partial charge in [-0.1, -0.05) is 29.5 Å². The third-order valence-corrected chi connectivity index (χ3v) is 4.13. The van der Waals surface area contributed by atoms with Gasteiger partial charge in [-0.15, -0.1) is 5.10 Å². The Hall–Kier alpha value is -3.22. The van der Waals surface area contributed by atoms with Gasteiger partial charge in [-0.25, -0.2) is 4.68 Å². The first-order valence-corrected chi connectivity index (χ1v) is 8.86. The largest absolute Gasteiger partial charge is 0.352 e. The molecule has 7 nitrogen and oxygen atoms in total. The predicted octanol–water partition coefficient (Wildman–Crippen LogP) is 2.08. The lowest BCUT2D eigenvalue weighted by molar-refractivity contribution is -0.122. The van der Waals surface area contributed by atoms with E-state index in [1.165, 1.54) is 4.90 Å². The van der Waals surface area contributed by atoms with E-state index in [-0.39, 0.29) is 24.4 Å². The lowest BCUT2D eigenvalue weighted by Gasteiger charge is -2.18. The van der Waals surface area contributed by atoms with Gasteiger partial charge in [0.1, 0.15) is 5.52 Å². The Balaban J connectivity index is 1.66. The quantitative estimate of drug-likeness (QED) is 0.725. The van der Waals surface area contributed by atoms with Crippen molar-refractivity contribution in [2.24, 2.45) is 0 Å². The van der Waals surface area contributed by atoms with Crippen molar-refractivity contribution in [2.75, 3.05) is 13.6 Å². The number of carbonyl (C=O) groups excluding carboxylic acids is 2. The molecule has 0 radical (unpaired) electrons. The molecule has 2 amide bonds. The molecule has 0 spiro atoms. The highest BCUT2D eigenvalue weighted by atomic mass is 16.2.